The second-order valence-corrected chi connectivity index (χ2v) is 6.28. The molecule has 1 aliphatic heterocycles. The van der Waals surface area contributed by atoms with Crippen molar-refractivity contribution in [2.45, 2.75) is 13.0 Å². The molecule has 3 aromatic rings. The molecule has 0 saturated heterocycles. The number of aromatic nitrogens is 3. The van der Waals surface area contributed by atoms with Crippen molar-refractivity contribution in [3.05, 3.63) is 65.4 Å². The SMILES string of the molecule is CC1=C(C(N)=O)C(c2ccc(O)cc2)n2nc(-c3cccc(O)c3)nc2N1. The molecule has 0 aliphatic carbocycles. The zero-order valence-electron chi connectivity index (χ0n) is 14.4. The fraction of sp³-hybridized carbons (Fsp3) is 0.105. The summed E-state index contributed by atoms with van der Waals surface area (Å²) in [6.07, 6.45) is 0. The van der Waals surface area contributed by atoms with Crippen molar-refractivity contribution >= 4 is 11.9 Å². The quantitative estimate of drug-likeness (QED) is 0.565. The molecule has 1 unspecified atom stereocenters. The van der Waals surface area contributed by atoms with Crippen LogP contribution in [0.25, 0.3) is 11.4 Å². The number of benzene rings is 2. The van der Waals surface area contributed by atoms with Gasteiger partial charge in [-0.2, -0.15) is 4.98 Å². The second-order valence-electron chi connectivity index (χ2n) is 6.28. The van der Waals surface area contributed by atoms with Crippen molar-refractivity contribution < 1.29 is 15.0 Å². The van der Waals surface area contributed by atoms with Crippen molar-refractivity contribution in [2.24, 2.45) is 5.73 Å². The van der Waals surface area contributed by atoms with Gasteiger partial charge in [-0.25, -0.2) is 4.68 Å². The Morgan fingerprint density at radius 2 is 1.89 bits per heavy atom. The Labute approximate surface area is 154 Å². The lowest BCUT2D eigenvalue weighted by atomic mass is 9.95. The van der Waals surface area contributed by atoms with Gasteiger partial charge in [-0.1, -0.05) is 24.3 Å². The zero-order chi connectivity index (χ0) is 19.1. The lowest BCUT2D eigenvalue weighted by molar-refractivity contribution is -0.115. The first-order chi connectivity index (χ1) is 12.9. The highest BCUT2D eigenvalue weighted by Gasteiger charge is 2.33. The topological polar surface area (TPSA) is 126 Å². The van der Waals surface area contributed by atoms with Crippen molar-refractivity contribution in [1.82, 2.24) is 14.8 Å². The highest BCUT2D eigenvalue weighted by Crippen LogP contribution is 2.36. The average Bonchev–Trinajstić information content (AvgIpc) is 3.04. The molecule has 0 radical (unpaired) electrons. The number of primary amides is 1. The molecular formula is C19H17N5O3. The van der Waals surface area contributed by atoms with Gasteiger partial charge in [-0.05, 0) is 36.8 Å². The van der Waals surface area contributed by atoms with Crippen LogP contribution >= 0.6 is 0 Å². The van der Waals surface area contributed by atoms with E-state index >= 15 is 0 Å². The average molecular weight is 363 g/mol. The number of hydrogen-bond acceptors (Lipinski definition) is 6. The van der Waals surface area contributed by atoms with E-state index in [1.54, 1.807) is 48.0 Å². The van der Waals surface area contributed by atoms with E-state index < -0.39 is 11.9 Å². The monoisotopic (exact) mass is 363 g/mol. The molecule has 5 N–H and O–H groups in total. The predicted molar refractivity (Wildman–Crippen MR) is 98.9 cm³/mol. The summed E-state index contributed by atoms with van der Waals surface area (Å²) in [5, 5.41) is 26.9. The summed E-state index contributed by atoms with van der Waals surface area (Å²) in [5.41, 5.74) is 7.95. The largest absolute Gasteiger partial charge is 0.508 e. The fourth-order valence-corrected chi connectivity index (χ4v) is 3.20. The first-order valence-electron chi connectivity index (χ1n) is 8.26. The maximum Gasteiger partial charge on any atom is 0.248 e. The summed E-state index contributed by atoms with van der Waals surface area (Å²) in [6, 6.07) is 12.5. The molecule has 8 heteroatoms. The fourth-order valence-electron chi connectivity index (χ4n) is 3.20. The number of nitrogens with zero attached hydrogens (tertiary/aromatic N) is 3. The van der Waals surface area contributed by atoms with Crippen LogP contribution in [0.3, 0.4) is 0 Å². The lowest BCUT2D eigenvalue weighted by Gasteiger charge is -2.27. The molecule has 0 fully saturated rings. The third kappa shape index (κ3) is 2.86. The molecule has 2 aromatic carbocycles. The highest BCUT2D eigenvalue weighted by atomic mass is 16.3. The smallest absolute Gasteiger partial charge is 0.248 e. The minimum atomic E-state index is -0.585. The molecule has 4 rings (SSSR count). The number of hydrogen-bond donors (Lipinski definition) is 4. The molecule has 0 spiro atoms. The highest BCUT2D eigenvalue weighted by molar-refractivity contribution is 5.95. The van der Waals surface area contributed by atoms with Gasteiger partial charge < -0.3 is 21.3 Å². The Kier molecular flexibility index (Phi) is 3.80. The van der Waals surface area contributed by atoms with Crippen LogP contribution in [0.2, 0.25) is 0 Å². The number of aromatic hydroxyl groups is 2. The van der Waals surface area contributed by atoms with Crippen LogP contribution in [0.4, 0.5) is 5.95 Å². The van der Waals surface area contributed by atoms with Gasteiger partial charge in [0.05, 0.1) is 5.57 Å². The maximum absolute atomic E-state index is 12.1. The molecule has 0 saturated carbocycles. The molecule has 27 heavy (non-hydrogen) atoms. The standard InChI is InChI=1S/C19H17N5O3/c1-10-15(17(20)27)16(11-5-7-13(25)8-6-11)24-19(21-10)22-18(23-24)12-3-2-4-14(26)9-12/h2-9,16,25-26H,1H3,(H2,20,27)(H,21,22,23). The number of allylic oxidation sites excluding steroid dienone is 1. The second kappa shape index (κ2) is 6.17. The Morgan fingerprint density at radius 3 is 2.56 bits per heavy atom. The number of phenolic OH excluding ortho intramolecular Hbond substituents is 2. The summed E-state index contributed by atoms with van der Waals surface area (Å²) >= 11 is 0. The Hall–Kier alpha value is -3.81. The predicted octanol–water partition coefficient (Wildman–Crippen LogP) is 2.13. The van der Waals surface area contributed by atoms with E-state index in [0.717, 1.165) is 5.56 Å². The van der Waals surface area contributed by atoms with E-state index in [9.17, 15) is 15.0 Å². The Morgan fingerprint density at radius 1 is 1.15 bits per heavy atom. The molecule has 1 aromatic heterocycles. The molecule has 1 amide bonds. The van der Waals surface area contributed by atoms with Crippen molar-refractivity contribution in [3.8, 4) is 22.9 Å². The number of nitrogens with one attached hydrogen (secondary N) is 1. The van der Waals surface area contributed by atoms with Gasteiger partial charge in [0.1, 0.15) is 17.5 Å². The van der Waals surface area contributed by atoms with Gasteiger partial charge in [0, 0.05) is 11.3 Å². The van der Waals surface area contributed by atoms with Crippen LogP contribution in [0.15, 0.2) is 59.8 Å². The van der Waals surface area contributed by atoms with Crippen LogP contribution in [-0.4, -0.2) is 30.9 Å². The summed E-state index contributed by atoms with van der Waals surface area (Å²) in [4.78, 5) is 16.6. The third-order valence-electron chi connectivity index (χ3n) is 4.43. The van der Waals surface area contributed by atoms with Gasteiger partial charge in [0.25, 0.3) is 0 Å². The van der Waals surface area contributed by atoms with E-state index in [0.29, 0.717) is 28.6 Å². The number of fused-ring (bicyclic) bond motifs is 1. The van der Waals surface area contributed by atoms with E-state index in [1.807, 2.05) is 0 Å². The van der Waals surface area contributed by atoms with E-state index in [1.165, 1.54) is 12.1 Å². The number of rotatable bonds is 3. The first-order valence-corrected chi connectivity index (χ1v) is 8.26. The molecule has 1 aliphatic rings. The van der Waals surface area contributed by atoms with E-state index in [-0.39, 0.29) is 11.5 Å². The molecule has 1 atom stereocenters. The molecule has 2 heterocycles. The number of carbonyl (C=O) groups excluding carboxylic acids is 1. The Bertz CT molecular complexity index is 1070. The van der Waals surface area contributed by atoms with Gasteiger partial charge in [-0.3, -0.25) is 4.79 Å². The van der Waals surface area contributed by atoms with Gasteiger partial charge in [0.15, 0.2) is 5.82 Å². The van der Waals surface area contributed by atoms with Crippen LogP contribution in [0, 0.1) is 0 Å². The van der Waals surface area contributed by atoms with Crippen molar-refractivity contribution in [1.29, 1.82) is 0 Å². The van der Waals surface area contributed by atoms with Gasteiger partial charge in [0.2, 0.25) is 11.9 Å². The van der Waals surface area contributed by atoms with Crippen LogP contribution in [0.1, 0.15) is 18.5 Å². The molecular weight excluding hydrogens is 346 g/mol. The summed E-state index contributed by atoms with van der Waals surface area (Å²) in [7, 11) is 0. The van der Waals surface area contributed by atoms with Gasteiger partial charge in [-0.15, -0.1) is 5.10 Å². The maximum atomic E-state index is 12.1. The number of anilines is 1. The van der Waals surface area contributed by atoms with Crippen LogP contribution < -0.4 is 11.1 Å². The molecule has 0 bridgehead atoms. The molecule has 136 valence electrons. The van der Waals surface area contributed by atoms with Crippen LogP contribution in [-0.2, 0) is 4.79 Å². The van der Waals surface area contributed by atoms with E-state index in [4.69, 9.17) is 5.73 Å². The number of amides is 1. The minimum Gasteiger partial charge on any atom is -0.508 e. The van der Waals surface area contributed by atoms with Crippen LogP contribution in [0.5, 0.6) is 11.5 Å². The minimum absolute atomic E-state index is 0.107. The molecule has 8 nitrogen and oxygen atoms in total. The normalized spacial score (nSPS) is 16.0. The van der Waals surface area contributed by atoms with Crippen molar-refractivity contribution in [3.63, 3.8) is 0 Å². The summed E-state index contributed by atoms with van der Waals surface area (Å²) < 4.78 is 1.58. The van der Waals surface area contributed by atoms with E-state index in [2.05, 4.69) is 15.4 Å². The number of phenols is 2. The number of nitrogens with two attached hydrogens (primary N) is 1. The van der Waals surface area contributed by atoms with Gasteiger partial charge >= 0.3 is 0 Å². The van der Waals surface area contributed by atoms with Crippen molar-refractivity contribution in [2.75, 3.05) is 5.32 Å². The summed E-state index contributed by atoms with van der Waals surface area (Å²) in [5.74, 6) is 0.506. The lowest BCUT2D eigenvalue weighted by Crippen LogP contribution is -2.31. The Balaban J connectivity index is 1.88. The third-order valence-corrected chi connectivity index (χ3v) is 4.43. The number of carbonyl (C=O) groups is 1. The summed E-state index contributed by atoms with van der Waals surface area (Å²) in [6.45, 7) is 1.75. The first kappa shape index (κ1) is 16.6. The zero-order valence-corrected chi connectivity index (χ0v) is 14.4.